The van der Waals surface area contributed by atoms with Gasteiger partial charge in [0.15, 0.2) is 0 Å². The Morgan fingerprint density at radius 2 is 1.70 bits per heavy atom. The van der Waals surface area contributed by atoms with Crippen LogP contribution in [0.3, 0.4) is 0 Å². The van der Waals surface area contributed by atoms with Crippen molar-refractivity contribution in [2.45, 2.75) is 0 Å². The number of nitrogens with zero attached hydrogens (tertiary/aromatic N) is 2. The lowest BCUT2D eigenvalue weighted by Crippen LogP contribution is -2.32. The Balaban J connectivity index is 1.80. The molecule has 23 heavy (non-hydrogen) atoms. The number of carbonyl (C=O) groups excluding carboxylic acids is 2. The molecule has 0 N–H and O–H groups in total. The first-order chi connectivity index (χ1) is 11.1. The molecule has 2 amide bonds. The van der Waals surface area contributed by atoms with E-state index >= 15 is 0 Å². The van der Waals surface area contributed by atoms with E-state index in [-0.39, 0.29) is 6.03 Å². The number of methoxy groups -OCH3 is 1. The van der Waals surface area contributed by atoms with Crippen molar-refractivity contribution in [3.63, 3.8) is 0 Å². The topological polar surface area (TPSA) is 49.9 Å². The second kappa shape index (κ2) is 6.16. The van der Waals surface area contributed by atoms with Crippen LogP contribution < -0.4 is 15.3 Å². The molecule has 0 aromatic heterocycles. The van der Waals surface area contributed by atoms with Gasteiger partial charge in [-0.25, -0.2) is 9.59 Å². The van der Waals surface area contributed by atoms with Crippen molar-refractivity contribution in [2.24, 2.45) is 0 Å². The van der Waals surface area contributed by atoms with Gasteiger partial charge in [-0.15, -0.1) is 0 Å². The van der Waals surface area contributed by atoms with Crippen LogP contribution in [0.1, 0.15) is 10.4 Å². The summed E-state index contributed by atoms with van der Waals surface area (Å²) in [6.07, 6.45) is 0. The van der Waals surface area contributed by atoms with Crippen molar-refractivity contribution in [1.82, 2.24) is 0 Å². The minimum Gasteiger partial charge on any atom is -0.465 e. The molecule has 6 heteroatoms. The van der Waals surface area contributed by atoms with E-state index < -0.39 is 5.97 Å². The quantitative estimate of drug-likeness (QED) is 0.641. The fourth-order valence-corrected chi connectivity index (χ4v) is 2.60. The first kappa shape index (κ1) is 15.2. The van der Waals surface area contributed by atoms with Crippen molar-refractivity contribution in [1.29, 1.82) is 0 Å². The summed E-state index contributed by atoms with van der Waals surface area (Å²) in [5.74, 6) is -0.398. The monoisotopic (exact) mass is 306 g/mol. The van der Waals surface area contributed by atoms with Crippen LogP contribution in [0.25, 0.3) is 0 Å². The van der Waals surface area contributed by atoms with Crippen molar-refractivity contribution < 1.29 is 14.3 Å². The number of anilines is 2. The molecular formula is C17H15BN2O3. The van der Waals surface area contributed by atoms with Gasteiger partial charge in [0, 0.05) is 24.5 Å². The number of carbonyl (C=O) groups is 2. The molecule has 2 aromatic carbocycles. The molecule has 0 spiro atoms. The molecule has 1 aliphatic heterocycles. The third-order valence-electron chi connectivity index (χ3n) is 3.79. The number of esters is 1. The molecule has 0 atom stereocenters. The zero-order valence-corrected chi connectivity index (χ0v) is 12.7. The first-order valence-electron chi connectivity index (χ1n) is 7.23. The predicted molar refractivity (Wildman–Crippen MR) is 89.7 cm³/mol. The maximum atomic E-state index is 12.6. The molecule has 3 rings (SSSR count). The molecule has 0 bridgehead atoms. The van der Waals surface area contributed by atoms with Gasteiger partial charge in [0.05, 0.1) is 12.7 Å². The summed E-state index contributed by atoms with van der Waals surface area (Å²) >= 11 is 0. The van der Waals surface area contributed by atoms with E-state index in [4.69, 9.17) is 7.85 Å². The molecule has 1 fully saturated rings. The van der Waals surface area contributed by atoms with Crippen molar-refractivity contribution in [3.8, 4) is 0 Å². The summed E-state index contributed by atoms with van der Waals surface area (Å²) in [6.45, 7) is 1.16. The van der Waals surface area contributed by atoms with Gasteiger partial charge in [-0.2, -0.15) is 0 Å². The van der Waals surface area contributed by atoms with Crippen LogP contribution in [0.4, 0.5) is 16.2 Å². The predicted octanol–water partition coefficient (Wildman–Crippen LogP) is 1.71. The number of amides is 2. The number of rotatable bonds is 3. The summed E-state index contributed by atoms with van der Waals surface area (Å²) in [6, 6.07) is 13.9. The Hall–Kier alpha value is -2.76. The average molecular weight is 306 g/mol. The van der Waals surface area contributed by atoms with Crippen LogP contribution in [-0.2, 0) is 4.74 Å². The van der Waals surface area contributed by atoms with Gasteiger partial charge in [0.1, 0.15) is 7.85 Å². The van der Waals surface area contributed by atoms with Gasteiger partial charge in [-0.3, -0.25) is 9.80 Å². The summed E-state index contributed by atoms with van der Waals surface area (Å²) < 4.78 is 4.67. The van der Waals surface area contributed by atoms with Gasteiger partial charge in [-0.05, 0) is 36.4 Å². The molecule has 1 aliphatic rings. The Labute approximate surface area is 135 Å². The van der Waals surface area contributed by atoms with Crippen LogP contribution in [-0.4, -0.2) is 40.0 Å². The number of ether oxygens (including phenoxy) is 1. The highest BCUT2D eigenvalue weighted by Gasteiger charge is 2.30. The van der Waals surface area contributed by atoms with Crippen LogP contribution in [0.5, 0.6) is 0 Å². The fraction of sp³-hybridized carbons (Fsp3) is 0.176. The number of urea groups is 1. The van der Waals surface area contributed by atoms with E-state index in [1.54, 1.807) is 46.2 Å². The summed E-state index contributed by atoms with van der Waals surface area (Å²) in [4.78, 5) is 27.4. The maximum absolute atomic E-state index is 12.6. The Morgan fingerprint density at radius 1 is 1.04 bits per heavy atom. The normalized spacial score (nSPS) is 14.2. The van der Waals surface area contributed by atoms with Crippen LogP contribution >= 0.6 is 0 Å². The molecule has 0 saturated carbocycles. The van der Waals surface area contributed by atoms with Gasteiger partial charge < -0.3 is 4.74 Å². The SMILES string of the molecule is [B]c1cccc(N2CCN(c3ccc(C(=O)OC)cc3)C2=O)c1. The molecule has 1 heterocycles. The summed E-state index contributed by atoms with van der Waals surface area (Å²) in [5, 5.41) is 0. The van der Waals surface area contributed by atoms with E-state index in [2.05, 4.69) is 4.74 Å². The van der Waals surface area contributed by atoms with Crippen LogP contribution in [0.2, 0.25) is 0 Å². The van der Waals surface area contributed by atoms with Gasteiger partial charge >= 0.3 is 12.0 Å². The lowest BCUT2D eigenvalue weighted by molar-refractivity contribution is 0.0601. The highest BCUT2D eigenvalue weighted by molar-refractivity contribution is 6.32. The Bertz CT molecular complexity index is 746. The molecule has 2 aromatic rings. The standard InChI is InChI=1S/C17H15BN2O3/c1-23-16(21)12-5-7-14(8-6-12)19-9-10-20(17(19)22)15-4-2-3-13(18)11-15/h2-8,11H,9-10H2,1H3. The van der Waals surface area contributed by atoms with Crippen LogP contribution in [0, 0.1) is 0 Å². The van der Waals surface area contributed by atoms with Gasteiger partial charge in [0.2, 0.25) is 0 Å². The largest absolute Gasteiger partial charge is 0.465 e. The molecule has 0 unspecified atom stereocenters. The van der Waals surface area contributed by atoms with Crippen molar-refractivity contribution in [2.75, 3.05) is 30.0 Å². The highest BCUT2D eigenvalue weighted by Crippen LogP contribution is 2.25. The fourth-order valence-electron chi connectivity index (χ4n) is 2.60. The highest BCUT2D eigenvalue weighted by atomic mass is 16.5. The van der Waals surface area contributed by atoms with E-state index in [1.165, 1.54) is 7.11 Å². The Kier molecular flexibility index (Phi) is 4.06. The lowest BCUT2D eigenvalue weighted by atomic mass is 9.96. The molecule has 1 saturated heterocycles. The summed E-state index contributed by atoms with van der Waals surface area (Å²) in [5.41, 5.74) is 2.60. The van der Waals surface area contributed by atoms with E-state index in [0.717, 1.165) is 11.4 Å². The van der Waals surface area contributed by atoms with Crippen molar-refractivity contribution >= 4 is 36.7 Å². The van der Waals surface area contributed by atoms with Gasteiger partial charge in [-0.1, -0.05) is 17.6 Å². The summed E-state index contributed by atoms with van der Waals surface area (Å²) in [7, 11) is 7.12. The van der Waals surface area contributed by atoms with E-state index in [9.17, 15) is 9.59 Å². The zero-order chi connectivity index (χ0) is 16.4. The van der Waals surface area contributed by atoms with E-state index in [0.29, 0.717) is 24.1 Å². The molecular weight excluding hydrogens is 291 g/mol. The minimum absolute atomic E-state index is 0.110. The maximum Gasteiger partial charge on any atom is 0.337 e. The Morgan fingerprint density at radius 3 is 2.30 bits per heavy atom. The average Bonchev–Trinajstić information content (AvgIpc) is 2.96. The smallest absolute Gasteiger partial charge is 0.337 e. The molecule has 0 aliphatic carbocycles. The first-order valence-corrected chi connectivity index (χ1v) is 7.23. The second-order valence-electron chi connectivity index (χ2n) is 5.22. The third kappa shape index (κ3) is 2.92. The second-order valence-corrected chi connectivity index (χ2v) is 5.22. The lowest BCUT2D eigenvalue weighted by Gasteiger charge is -2.19. The van der Waals surface area contributed by atoms with Crippen molar-refractivity contribution in [3.05, 3.63) is 54.1 Å². The third-order valence-corrected chi connectivity index (χ3v) is 3.79. The minimum atomic E-state index is -0.398. The zero-order valence-electron chi connectivity index (χ0n) is 12.7. The van der Waals surface area contributed by atoms with E-state index in [1.807, 2.05) is 12.1 Å². The molecule has 5 nitrogen and oxygen atoms in total. The van der Waals surface area contributed by atoms with Gasteiger partial charge in [0.25, 0.3) is 0 Å². The number of hydrogen-bond donors (Lipinski definition) is 0. The number of benzene rings is 2. The molecule has 2 radical (unpaired) electrons. The van der Waals surface area contributed by atoms with Crippen LogP contribution in [0.15, 0.2) is 48.5 Å². The number of hydrogen-bond acceptors (Lipinski definition) is 3. The molecule has 114 valence electrons.